The molecule has 6 nitrogen and oxygen atoms in total. The highest BCUT2D eigenvalue weighted by Crippen LogP contribution is 2.24. The van der Waals surface area contributed by atoms with E-state index in [4.69, 9.17) is 0 Å². The SMILES string of the molecule is Cc1cccc(-n2c(O)c(C=Nc3ccccc3Br)c(=O)[nH]c2=O)c1. The van der Waals surface area contributed by atoms with E-state index in [-0.39, 0.29) is 5.56 Å². The number of aromatic amines is 1. The van der Waals surface area contributed by atoms with Gasteiger partial charge in [0, 0.05) is 10.7 Å². The van der Waals surface area contributed by atoms with Crippen LogP contribution < -0.4 is 11.2 Å². The lowest BCUT2D eigenvalue weighted by molar-refractivity contribution is 0.430. The van der Waals surface area contributed by atoms with Crippen LogP contribution in [0.3, 0.4) is 0 Å². The van der Waals surface area contributed by atoms with E-state index in [0.29, 0.717) is 11.4 Å². The van der Waals surface area contributed by atoms with Gasteiger partial charge in [0.15, 0.2) is 0 Å². The molecular formula is C18H14BrN3O3. The highest BCUT2D eigenvalue weighted by molar-refractivity contribution is 9.10. The van der Waals surface area contributed by atoms with E-state index >= 15 is 0 Å². The number of H-pyrrole nitrogens is 1. The Hall–Kier alpha value is -2.93. The second-order valence-corrected chi connectivity index (χ2v) is 6.23. The van der Waals surface area contributed by atoms with Crippen LogP contribution in [0.4, 0.5) is 5.69 Å². The second-order valence-electron chi connectivity index (χ2n) is 5.38. The molecule has 0 radical (unpaired) electrons. The molecule has 0 spiro atoms. The number of hydrogen-bond acceptors (Lipinski definition) is 4. The summed E-state index contributed by atoms with van der Waals surface area (Å²) in [6, 6.07) is 14.2. The van der Waals surface area contributed by atoms with Crippen LogP contribution in [0.1, 0.15) is 11.1 Å². The number of aliphatic imine (C=N–C) groups is 1. The lowest BCUT2D eigenvalue weighted by atomic mass is 10.2. The maximum atomic E-state index is 12.1. The Balaban J connectivity index is 2.16. The third kappa shape index (κ3) is 3.46. The van der Waals surface area contributed by atoms with E-state index in [1.165, 1.54) is 6.21 Å². The van der Waals surface area contributed by atoms with Crippen LogP contribution in [0.15, 0.2) is 67.6 Å². The number of nitrogens with one attached hydrogen (secondary N) is 1. The molecule has 2 N–H and O–H groups in total. The molecule has 0 aliphatic rings. The summed E-state index contributed by atoms with van der Waals surface area (Å²) in [6.45, 7) is 1.87. The molecule has 0 saturated heterocycles. The normalized spacial score (nSPS) is 11.1. The summed E-state index contributed by atoms with van der Waals surface area (Å²) in [5.41, 5.74) is 0.438. The Morgan fingerprint density at radius 3 is 2.64 bits per heavy atom. The minimum atomic E-state index is -0.717. The summed E-state index contributed by atoms with van der Waals surface area (Å²) in [6.07, 6.45) is 1.24. The van der Waals surface area contributed by atoms with Crippen molar-refractivity contribution in [3.05, 3.63) is 85.0 Å². The van der Waals surface area contributed by atoms with Gasteiger partial charge in [0.2, 0.25) is 5.88 Å². The molecule has 3 aromatic rings. The first kappa shape index (κ1) is 16.9. The molecule has 1 heterocycles. The van der Waals surface area contributed by atoms with Crippen molar-refractivity contribution in [2.75, 3.05) is 0 Å². The molecule has 2 aromatic carbocycles. The van der Waals surface area contributed by atoms with Crippen LogP contribution in [0, 0.1) is 6.92 Å². The van der Waals surface area contributed by atoms with Crippen LogP contribution in [0.2, 0.25) is 0 Å². The third-order valence-electron chi connectivity index (χ3n) is 3.57. The largest absolute Gasteiger partial charge is 0.493 e. The number of hydrogen-bond donors (Lipinski definition) is 2. The number of rotatable bonds is 3. The Morgan fingerprint density at radius 2 is 1.92 bits per heavy atom. The lowest BCUT2D eigenvalue weighted by Crippen LogP contribution is -2.31. The molecule has 0 atom stereocenters. The molecule has 3 rings (SSSR count). The third-order valence-corrected chi connectivity index (χ3v) is 4.24. The number of aromatic nitrogens is 2. The highest BCUT2D eigenvalue weighted by atomic mass is 79.9. The lowest BCUT2D eigenvalue weighted by Gasteiger charge is -2.10. The van der Waals surface area contributed by atoms with Crippen molar-refractivity contribution in [2.24, 2.45) is 4.99 Å². The predicted molar refractivity (Wildman–Crippen MR) is 100 cm³/mol. The second kappa shape index (κ2) is 6.90. The van der Waals surface area contributed by atoms with Gasteiger partial charge in [0.05, 0.1) is 11.4 Å². The van der Waals surface area contributed by atoms with Crippen LogP contribution in [0.25, 0.3) is 5.69 Å². The molecule has 7 heteroatoms. The number of benzene rings is 2. The van der Waals surface area contributed by atoms with Crippen LogP contribution in [-0.4, -0.2) is 20.9 Å². The molecular weight excluding hydrogens is 386 g/mol. The average molecular weight is 400 g/mol. The zero-order chi connectivity index (χ0) is 18.0. The number of halogens is 1. The predicted octanol–water partition coefficient (Wildman–Crippen LogP) is 3.05. The average Bonchev–Trinajstić information content (AvgIpc) is 2.56. The Bertz CT molecular complexity index is 1080. The quantitative estimate of drug-likeness (QED) is 0.663. The number of para-hydroxylation sites is 1. The Labute approximate surface area is 151 Å². The molecule has 0 aliphatic heterocycles. The van der Waals surface area contributed by atoms with Crippen molar-refractivity contribution in [1.82, 2.24) is 9.55 Å². The van der Waals surface area contributed by atoms with Crippen molar-refractivity contribution in [1.29, 1.82) is 0 Å². The molecule has 126 valence electrons. The van der Waals surface area contributed by atoms with Gasteiger partial charge < -0.3 is 5.11 Å². The van der Waals surface area contributed by atoms with Crippen LogP contribution >= 0.6 is 15.9 Å². The molecule has 0 unspecified atom stereocenters. The summed E-state index contributed by atoms with van der Waals surface area (Å²) in [5, 5.41) is 10.5. The first-order chi connectivity index (χ1) is 12.0. The van der Waals surface area contributed by atoms with Gasteiger partial charge in [-0.05, 0) is 52.7 Å². The van der Waals surface area contributed by atoms with E-state index in [0.717, 1.165) is 14.6 Å². The van der Waals surface area contributed by atoms with Gasteiger partial charge in [-0.25, -0.2) is 9.36 Å². The summed E-state index contributed by atoms with van der Waals surface area (Å²) < 4.78 is 1.78. The van der Waals surface area contributed by atoms with Gasteiger partial charge in [-0.3, -0.25) is 14.8 Å². The minimum absolute atomic E-state index is 0.100. The van der Waals surface area contributed by atoms with Crippen molar-refractivity contribution < 1.29 is 5.11 Å². The smallest absolute Gasteiger partial charge is 0.335 e. The Kier molecular flexibility index (Phi) is 4.67. The van der Waals surface area contributed by atoms with Gasteiger partial charge in [-0.2, -0.15) is 0 Å². The molecule has 0 amide bonds. The number of aromatic hydroxyl groups is 1. The van der Waals surface area contributed by atoms with E-state index in [2.05, 4.69) is 25.9 Å². The Morgan fingerprint density at radius 1 is 1.16 bits per heavy atom. The molecule has 0 saturated carbocycles. The maximum Gasteiger partial charge on any atom is 0.335 e. The fraction of sp³-hybridized carbons (Fsp3) is 0.0556. The first-order valence-corrected chi connectivity index (χ1v) is 8.20. The minimum Gasteiger partial charge on any atom is -0.493 e. The van der Waals surface area contributed by atoms with E-state index < -0.39 is 17.1 Å². The van der Waals surface area contributed by atoms with Crippen LogP contribution in [-0.2, 0) is 0 Å². The maximum absolute atomic E-state index is 12.1. The van der Waals surface area contributed by atoms with E-state index in [9.17, 15) is 14.7 Å². The van der Waals surface area contributed by atoms with Crippen molar-refractivity contribution >= 4 is 27.8 Å². The zero-order valence-electron chi connectivity index (χ0n) is 13.2. The fourth-order valence-electron chi connectivity index (χ4n) is 2.35. The number of nitrogens with zero attached hydrogens (tertiary/aromatic N) is 2. The monoisotopic (exact) mass is 399 g/mol. The van der Waals surface area contributed by atoms with E-state index in [1.807, 2.05) is 25.1 Å². The van der Waals surface area contributed by atoms with E-state index in [1.54, 1.807) is 30.3 Å². The van der Waals surface area contributed by atoms with Crippen molar-refractivity contribution in [2.45, 2.75) is 6.92 Å². The van der Waals surface area contributed by atoms with Gasteiger partial charge >= 0.3 is 5.69 Å². The summed E-state index contributed by atoms with van der Waals surface area (Å²) in [5.74, 6) is -0.463. The van der Waals surface area contributed by atoms with Crippen molar-refractivity contribution in [3.63, 3.8) is 0 Å². The fourth-order valence-corrected chi connectivity index (χ4v) is 2.74. The topological polar surface area (TPSA) is 87.4 Å². The van der Waals surface area contributed by atoms with Gasteiger partial charge in [0.1, 0.15) is 5.56 Å². The number of aryl methyl sites for hydroxylation is 1. The molecule has 0 aliphatic carbocycles. The standard InChI is InChI=1S/C18H14BrN3O3/c1-11-5-4-6-12(9-11)22-17(24)13(16(23)21-18(22)25)10-20-15-8-3-2-7-14(15)19/h2-10,24H,1H3,(H,21,23,25). The molecule has 25 heavy (non-hydrogen) atoms. The molecule has 0 bridgehead atoms. The van der Waals surface area contributed by atoms with Gasteiger partial charge in [-0.1, -0.05) is 24.3 Å². The molecule has 0 fully saturated rings. The van der Waals surface area contributed by atoms with Gasteiger partial charge in [-0.15, -0.1) is 0 Å². The summed E-state index contributed by atoms with van der Waals surface area (Å²) in [7, 11) is 0. The van der Waals surface area contributed by atoms with Gasteiger partial charge in [0.25, 0.3) is 5.56 Å². The van der Waals surface area contributed by atoms with Crippen molar-refractivity contribution in [3.8, 4) is 11.6 Å². The van der Waals surface area contributed by atoms with Crippen LogP contribution in [0.5, 0.6) is 5.88 Å². The highest BCUT2D eigenvalue weighted by Gasteiger charge is 2.14. The summed E-state index contributed by atoms with van der Waals surface area (Å²) in [4.78, 5) is 30.7. The first-order valence-electron chi connectivity index (χ1n) is 7.41. The summed E-state index contributed by atoms with van der Waals surface area (Å²) >= 11 is 3.36. The molecule has 1 aromatic heterocycles. The zero-order valence-corrected chi connectivity index (χ0v) is 14.8.